The number of rotatable bonds is 4. The van der Waals surface area contributed by atoms with Crippen molar-refractivity contribution < 1.29 is 19.4 Å². The SMILES string of the molecule is Cc1ccccc1C(O)c1ccc2c(c1)C1(OCCCO1)C(=O)N2CC1CC1. The number of benzene rings is 2. The van der Waals surface area contributed by atoms with Crippen molar-refractivity contribution in [2.75, 3.05) is 24.7 Å². The van der Waals surface area contributed by atoms with Gasteiger partial charge in [0.25, 0.3) is 11.7 Å². The number of aliphatic hydroxyl groups excluding tert-OH is 1. The van der Waals surface area contributed by atoms with E-state index in [1.807, 2.05) is 54.3 Å². The lowest BCUT2D eigenvalue weighted by atomic mass is 9.94. The van der Waals surface area contributed by atoms with E-state index in [-0.39, 0.29) is 5.91 Å². The van der Waals surface area contributed by atoms with Crippen LogP contribution in [-0.2, 0) is 20.1 Å². The van der Waals surface area contributed by atoms with Crippen LogP contribution in [0.15, 0.2) is 42.5 Å². The maximum atomic E-state index is 13.3. The summed E-state index contributed by atoms with van der Waals surface area (Å²) in [6.07, 6.45) is 2.34. The molecule has 5 nitrogen and oxygen atoms in total. The van der Waals surface area contributed by atoms with Gasteiger partial charge in [-0.2, -0.15) is 0 Å². The predicted octanol–water partition coefficient (Wildman–Crippen LogP) is 3.42. The minimum Gasteiger partial charge on any atom is -0.384 e. The van der Waals surface area contributed by atoms with Crippen molar-refractivity contribution in [2.45, 2.75) is 38.1 Å². The molecule has 1 unspecified atom stereocenters. The van der Waals surface area contributed by atoms with Gasteiger partial charge in [0, 0.05) is 12.1 Å². The Bertz CT molecular complexity index is 915. The molecule has 2 aromatic rings. The van der Waals surface area contributed by atoms with E-state index in [0.29, 0.717) is 25.7 Å². The van der Waals surface area contributed by atoms with Gasteiger partial charge in [0.1, 0.15) is 6.10 Å². The van der Waals surface area contributed by atoms with E-state index >= 15 is 0 Å². The third-order valence-electron chi connectivity index (χ3n) is 6.03. The number of anilines is 1. The summed E-state index contributed by atoms with van der Waals surface area (Å²) in [5.74, 6) is -0.923. The van der Waals surface area contributed by atoms with Crippen LogP contribution in [-0.4, -0.2) is 30.8 Å². The molecule has 1 atom stereocenters. The Labute approximate surface area is 164 Å². The number of aryl methyl sites for hydroxylation is 1. The van der Waals surface area contributed by atoms with Crippen LogP contribution in [0.5, 0.6) is 0 Å². The van der Waals surface area contributed by atoms with Gasteiger partial charge in [0.05, 0.1) is 18.9 Å². The summed E-state index contributed by atoms with van der Waals surface area (Å²) in [4.78, 5) is 15.1. The number of hydrogen-bond acceptors (Lipinski definition) is 4. The highest BCUT2D eigenvalue weighted by Crippen LogP contribution is 2.48. The van der Waals surface area contributed by atoms with Crippen molar-refractivity contribution in [1.29, 1.82) is 0 Å². The third-order valence-corrected chi connectivity index (χ3v) is 6.03. The molecule has 0 aromatic heterocycles. The maximum Gasteiger partial charge on any atom is 0.292 e. The molecule has 1 saturated heterocycles. The zero-order valence-electron chi connectivity index (χ0n) is 16.1. The van der Waals surface area contributed by atoms with E-state index < -0.39 is 11.9 Å². The Morgan fingerprint density at radius 2 is 1.93 bits per heavy atom. The third kappa shape index (κ3) is 2.77. The summed E-state index contributed by atoms with van der Waals surface area (Å²) in [7, 11) is 0. The minimum absolute atomic E-state index is 0.128. The molecule has 1 amide bonds. The Kier molecular flexibility index (Phi) is 4.27. The molecule has 2 fully saturated rings. The summed E-state index contributed by atoms with van der Waals surface area (Å²) in [6, 6.07) is 13.5. The van der Waals surface area contributed by atoms with Gasteiger partial charge in [0.2, 0.25) is 0 Å². The molecular weight excluding hydrogens is 354 g/mol. The number of nitrogens with zero attached hydrogens (tertiary/aromatic N) is 1. The first-order chi connectivity index (χ1) is 13.6. The Hall–Kier alpha value is -2.21. The smallest absolute Gasteiger partial charge is 0.292 e. The van der Waals surface area contributed by atoms with E-state index in [0.717, 1.165) is 47.2 Å². The van der Waals surface area contributed by atoms with Crippen molar-refractivity contribution in [2.24, 2.45) is 5.92 Å². The molecule has 5 heteroatoms. The second kappa shape index (κ2) is 6.69. The van der Waals surface area contributed by atoms with Crippen LogP contribution in [0.25, 0.3) is 0 Å². The van der Waals surface area contributed by atoms with Crippen LogP contribution in [0.3, 0.4) is 0 Å². The number of ether oxygens (including phenoxy) is 2. The van der Waals surface area contributed by atoms with Crippen molar-refractivity contribution in [3.05, 3.63) is 64.7 Å². The predicted molar refractivity (Wildman–Crippen MR) is 105 cm³/mol. The molecule has 2 heterocycles. The Balaban J connectivity index is 1.58. The topological polar surface area (TPSA) is 59.0 Å². The lowest BCUT2D eigenvalue weighted by molar-refractivity contribution is -0.256. The molecular formula is C23H25NO4. The van der Waals surface area contributed by atoms with Crippen molar-refractivity contribution in [3.63, 3.8) is 0 Å². The van der Waals surface area contributed by atoms with Gasteiger partial charge in [-0.1, -0.05) is 30.3 Å². The number of hydrogen-bond donors (Lipinski definition) is 1. The number of aliphatic hydroxyl groups is 1. The minimum atomic E-state index is -1.36. The first-order valence-corrected chi connectivity index (χ1v) is 10.1. The molecule has 1 saturated carbocycles. The second-order valence-corrected chi connectivity index (χ2v) is 8.06. The monoisotopic (exact) mass is 379 g/mol. The van der Waals surface area contributed by atoms with E-state index in [1.54, 1.807) is 0 Å². The average molecular weight is 379 g/mol. The lowest BCUT2D eigenvalue weighted by Crippen LogP contribution is -2.47. The largest absolute Gasteiger partial charge is 0.384 e. The molecule has 2 aliphatic heterocycles. The summed E-state index contributed by atoms with van der Waals surface area (Å²) < 4.78 is 11.9. The molecule has 0 radical (unpaired) electrons. The lowest BCUT2D eigenvalue weighted by Gasteiger charge is -2.32. The maximum absolute atomic E-state index is 13.3. The number of amides is 1. The number of fused-ring (bicyclic) bond motifs is 2. The van der Waals surface area contributed by atoms with Crippen molar-refractivity contribution >= 4 is 11.6 Å². The summed E-state index contributed by atoms with van der Waals surface area (Å²) >= 11 is 0. The summed E-state index contributed by atoms with van der Waals surface area (Å²) in [5, 5.41) is 11.0. The molecule has 5 rings (SSSR count). The highest BCUT2D eigenvalue weighted by molar-refractivity contribution is 6.06. The van der Waals surface area contributed by atoms with Gasteiger partial charge in [-0.25, -0.2) is 0 Å². The van der Waals surface area contributed by atoms with Crippen molar-refractivity contribution in [1.82, 2.24) is 0 Å². The molecule has 28 heavy (non-hydrogen) atoms. The van der Waals surface area contributed by atoms with Crippen LogP contribution >= 0.6 is 0 Å². The molecule has 2 aromatic carbocycles. The molecule has 1 spiro atoms. The number of carbonyl (C=O) groups excluding carboxylic acids is 1. The standard InChI is InChI=1S/C23H25NO4/c1-15-5-2-3-6-18(15)21(25)17-9-10-20-19(13-17)23(27-11-4-12-28-23)22(26)24(20)14-16-7-8-16/h2-3,5-6,9-10,13,16,21,25H,4,7-8,11-12,14H2,1H3. The van der Waals surface area contributed by atoms with Crippen LogP contribution in [0.2, 0.25) is 0 Å². The van der Waals surface area contributed by atoms with Gasteiger partial charge in [-0.05, 0) is 60.9 Å². The molecule has 0 bridgehead atoms. The zero-order valence-corrected chi connectivity index (χ0v) is 16.1. The van der Waals surface area contributed by atoms with E-state index in [4.69, 9.17) is 9.47 Å². The number of carbonyl (C=O) groups is 1. The molecule has 3 aliphatic rings. The highest BCUT2D eigenvalue weighted by atomic mass is 16.7. The summed E-state index contributed by atoms with van der Waals surface area (Å²) in [5.41, 5.74) is 4.21. The van der Waals surface area contributed by atoms with Crippen LogP contribution < -0.4 is 4.90 Å². The van der Waals surface area contributed by atoms with Crippen LogP contribution in [0.4, 0.5) is 5.69 Å². The molecule has 1 aliphatic carbocycles. The van der Waals surface area contributed by atoms with Crippen molar-refractivity contribution in [3.8, 4) is 0 Å². The van der Waals surface area contributed by atoms with Gasteiger partial charge >= 0.3 is 0 Å². The fourth-order valence-electron chi connectivity index (χ4n) is 4.25. The summed E-state index contributed by atoms with van der Waals surface area (Å²) in [6.45, 7) is 3.68. The fraction of sp³-hybridized carbons (Fsp3) is 0.435. The van der Waals surface area contributed by atoms with Gasteiger partial charge in [-0.3, -0.25) is 4.79 Å². The molecule has 146 valence electrons. The second-order valence-electron chi connectivity index (χ2n) is 8.06. The normalized spacial score (nSPS) is 21.8. The first-order valence-electron chi connectivity index (χ1n) is 10.1. The van der Waals surface area contributed by atoms with Crippen LogP contribution in [0.1, 0.15) is 47.6 Å². The Morgan fingerprint density at radius 1 is 1.18 bits per heavy atom. The molecule has 1 N–H and O–H groups in total. The van der Waals surface area contributed by atoms with Gasteiger partial charge in [-0.15, -0.1) is 0 Å². The van der Waals surface area contributed by atoms with Crippen LogP contribution in [0, 0.1) is 12.8 Å². The average Bonchev–Trinajstić information content (AvgIpc) is 3.52. The van der Waals surface area contributed by atoms with E-state index in [2.05, 4.69) is 0 Å². The van der Waals surface area contributed by atoms with E-state index in [1.165, 1.54) is 0 Å². The van der Waals surface area contributed by atoms with Gasteiger partial charge in [0.15, 0.2) is 0 Å². The zero-order chi connectivity index (χ0) is 19.3. The Morgan fingerprint density at radius 3 is 2.64 bits per heavy atom. The quantitative estimate of drug-likeness (QED) is 0.884. The first kappa shape index (κ1) is 17.9. The highest BCUT2D eigenvalue weighted by Gasteiger charge is 2.55. The fourth-order valence-corrected chi connectivity index (χ4v) is 4.25. The van der Waals surface area contributed by atoms with Gasteiger partial charge < -0.3 is 19.5 Å². The van der Waals surface area contributed by atoms with E-state index in [9.17, 15) is 9.90 Å².